The highest BCUT2D eigenvalue weighted by Crippen LogP contribution is 2.39. The summed E-state index contributed by atoms with van der Waals surface area (Å²) in [6.07, 6.45) is 0. The van der Waals surface area contributed by atoms with Gasteiger partial charge in [0.2, 0.25) is 0 Å². The van der Waals surface area contributed by atoms with Crippen LogP contribution in [-0.2, 0) is 4.74 Å². The Balaban J connectivity index is 2.58. The number of rotatable bonds is 4. The Morgan fingerprint density at radius 2 is 1.67 bits per heavy atom. The number of benzene rings is 1. The van der Waals surface area contributed by atoms with Gasteiger partial charge in [0.1, 0.15) is 11.4 Å². The van der Waals surface area contributed by atoms with Gasteiger partial charge in [-0.3, -0.25) is 20.2 Å². The van der Waals surface area contributed by atoms with E-state index in [-0.39, 0.29) is 11.4 Å². The van der Waals surface area contributed by atoms with Crippen LogP contribution in [0.2, 0.25) is 0 Å². The summed E-state index contributed by atoms with van der Waals surface area (Å²) in [6.45, 7) is 1.99. The van der Waals surface area contributed by atoms with Crippen LogP contribution >= 0.6 is 0 Å². The van der Waals surface area contributed by atoms with Gasteiger partial charge in [-0.25, -0.2) is 0 Å². The second-order valence-corrected chi connectivity index (χ2v) is 4.84. The zero-order chi connectivity index (χ0) is 15.6. The molecule has 0 aromatic heterocycles. The third-order valence-corrected chi connectivity index (χ3v) is 3.30. The van der Waals surface area contributed by atoms with Gasteiger partial charge < -0.3 is 14.5 Å². The fraction of sp³-hybridized carbons (Fsp3) is 0.500. The van der Waals surface area contributed by atoms with E-state index in [1.54, 1.807) is 19.0 Å². The van der Waals surface area contributed by atoms with Crippen LogP contribution in [0.15, 0.2) is 12.1 Å². The SMILES string of the molecule is CN(C)c1cc(N2CCOCC2)c([N+](=O)[O-])cc1[N+](=O)[O-]. The van der Waals surface area contributed by atoms with Gasteiger partial charge in [-0.05, 0) is 6.07 Å². The van der Waals surface area contributed by atoms with Gasteiger partial charge in [0.05, 0.1) is 29.1 Å². The Kier molecular flexibility index (Phi) is 4.22. The smallest absolute Gasteiger partial charge is 0.299 e. The van der Waals surface area contributed by atoms with Crippen LogP contribution in [-0.4, -0.2) is 50.2 Å². The maximum atomic E-state index is 11.2. The molecule has 0 aliphatic carbocycles. The molecule has 1 aromatic carbocycles. The average molecular weight is 296 g/mol. The number of ether oxygens (including phenoxy) is 1. The van der Waals surface area contributed by atoms with Crippen molar-refractivity contribution in [2.45, 2.75) is 0 Å². The van der Waals surface area contributed by atoms with E-state index in [0.29, 0.717) is 37.7 Å². The lowest BCUT2D eigenvalue weighted by Gasteiger charge is -2.29. The normalized spacial score (nSPS) is 14.9. The maximum absolute atomic E-state index is 11.2. The zero-order valence-corrected chi connectivity index (χ0v) is 11.8. The molecule has 0 radical (unpaired) electrons. The molecular weight excluding hydrogens is 280 g/mol. The van der Waals surface area contributed by atoms with Gasteiger partial charge in [-0.1, -0.05) is 0 Å². The number of anilines is 2. The second-order valence-electron chi connectivity index (χ2n) is 4.84. The van der Waals surface area contributed by atoms with Crippen molar-refractivity contribution in [1.29, 1.82) is 0 Å². The second kappa shape index (κ2) is 5.92. The molecule has 0 atom stereocenters. The van der Waals surface area contributed by atoms with Crippen molar-refractivity contribution in [1.82, 2.24) is 0 Å². The molecule has 1 aromatic rings. The van der Waals surface area contributed by atoms with Crippen LogP contribution in [0.4, 0.5) is 22.7 Å². The number of hydrogen-bond acceptors (Lipinski definition) is 7. The predicted octanol–water partition coefficient (Wildman–Crippen LogP) is 1.41. The van der Waals surface area contributed by atoms with Crippen LogP contribution in [0.25, 0.3) is 0 Å². The Morgan fingerprint density at radius 3 is 2.14 bits per heavy atom. The molecule has 2 rings (SSSR count). The maximum Gasteiger partial charge on any atom is 0.299 e. The fourth-order valence-corrected chi connectivity index (χ4v) is 2.26. The highest BCUT2D eigenvalue weighted by Gasteiger charge is 2.28. The topological polar surface area (TPSA) is 102 Å². The highest BCUT2D eigenvalue weighted by molar-refractivity contribution is 5.78. The molecule has 0 amide bonds. The summed E-state index contributed by atoms with van der Waals surface area (Å²) < 4.78 is 5.23. The van der Waals surface area contributed by atoms with E-state index in [0.717, 1.165) is 6.07 Å². The number of nitro benzene ring substituents is 2. The molecule has 114 valence electrons. The Hall–Kier alpha value is -2.42. The van der Waals surface area contributed by atoms with Crippen LogP contribution in [0.5, 0.6) is 0 Å². The molecule has 21 heavy (non-hydrogen) atoms. The minimum Gasteiger partial charge on any atom is -0.378 e. The van der Waals surface area contributed by atoms with Gasteiger partial charge in [-0.2, -0.15) is 0 Å². The van der Waals surface area contributed by atoms with Gasteiger partial charge >= 0.3 is 0 Å². The Labute approximate surface area is 121 Å². The molecule has 9 heteroatoms. The molecule has 0 saturated carbocycles. The third kappa shape index (κ3) is 3.02. The molecular formula is C12H16N4O5. The first-order chi connectivity index (χ1) is 9.91. The summed E-state index contributed by atoms with van der Waals surface area (Å²) in [7, 11) is 3.33. The number of hydrogen-bond donors (Lipinski definition) is 0. The minimum atomic E-state index is -0.606. The van der Waals surface area contributed by atoms with Crippen molar-refractivity contribution >= 4 is 22.7 Å². The monoisotopic (exact) mass is 296 g/mol. The summed E-state index contributed by atoms with van der Waals surface area (Å²) in [4.78, 5) is 24.5. The van der Waals surface area contributed by atoms with Gasteiger partial charge in [-0.15, -0.1) is 0 Å². The molecule has 0 bridgehead atoms. The van der Waals surface area contributed by atoms with E-state index >= 15 is 0 Å². The molecule has 0 N–H and O–H groups in total. The molecule has 1 heterocycles. The van der Waals surface area contributed by atoms with E-state index in [1.807, 2.05) is 4.90 Å². The number of nitro groups is 2. The van der Waals surface area contributed by atoms with E-state index in [2.05, 4.69) is 0 Å². The summed E-state index contributed by atoms with van der Waals surface area (Å²) in [5, 5.41) is 22.3. The standard InChI is InChI=1S/C12H16N4O5/c1-13(2)9-7-10(14-3-5-21-6-4-14)12(16(19)20)8-11(9)15(17)18/h7-8H,3-6H2,1-2H3. The molecule has 0 spiro atoms. The first kappa shape index (κ1) is 15.0. The van der Waals surface area contributed by atoms with Crippen molar-refractivity contribution < 1.29 is 14.6 Å². The van der Waals surface area contributed by atoms with Crippen molar-refractivity contribution in [3.05, 3.63) is 32.4 Å². The molecule has 1 fully saturated rings. The Morgan fingerprint density at radius 1 is 1.10 bits per heavy atom. The first-order valence-corrected chi connectivity index (χ1v) is 6.38. The lowest BCUT2D eigenvalue weighted by molar-refractivity contribution is -0.393. The first-order valence-electron chi connectivity index (χ1n) is 6.38. The van der Waals surface area contributed by atoms with E-state index in [9.17, 15) is 20.2 Å². The average Bonchev–Trinajstić information content (AvgIpc) is 2.46. The summed E-state index contributed by atoms with van der Waals surface area (Å²) >= 11 is 0. The summed E-state index contributed by atoms with van der Waals surface area (Å²) in [5.74, 6) is 0. The quantitative estimate of drug-likeness (QED) is 0.611. The van der Waals surface area contributed by atoms with Crippen LogP contribution < -0.4 is 9.80 Å². The van der Waals surface area contributed by atoms with Crippen LogP contribution in [0.3, 0.4) is 0 Å². The number of morpholine rings is 1. The summed E-state index contributed by atoms with van der Waals surface area (Å²) in [5.41, 5.74) is 0.197. The van der Waals surface area contributed by atoms with E-state index in [4.69, 9.17) is 4.74 Å². The van der Waals surface area contributed by atoms with Crippen molar-refractivity contribution in [2.24, 2.45) is 0 Å². The van der Waals surface area contributed by atoms with Gasteiger partial charge in [0, 0.05) is 27.2 Å². The lowest BCUT2D eigenvalue weighted by atomic mass is 10.1. The summed E-state index contributed by atoms with van der Waals surface area (Å²) in [6, 6.07) is 2.53. The van der Waals surface area contributed by atoms with E-state index < -0.39 is 9.85 Å². The minimum absolute atomic E-state index is 0.255. The number of nitrogens with zero attached hydrogens (tertiary/aromatic N) is 4. The third-order valence-electron chi connectivity index (χ3n) is 3.30. The highest BCUT2D eigenvalue weighted by atomic mass is 16.6. The lowest BCUT2D eigenvalue weighted by Crippen LogP contribution is -2.36. The van der Waals surface area contributed by atoms with Gasteiger partial charge in [0.25, 0.3) is 11.4 Å². The molecule has 1 aliphatic heterocycles. The van der Waals surface area contributed by atoms with E-state index in [1.165, 1.54) is 6.07 Å². The molecule has 0 unspecified atom stereocenters. The predicted molar refractivity (Wildman–Crippen MR) is 77.1 cm³/mol. The van der Waals surface area contributed by atoms with Crippen molar-refractivity contribution in [3.63, 3.8) is 0 Å². The molecule has 9 nitrogen and oxygen atoms in total. The van der Waals surface area contributed by atoms with Crippen LogP contribution in [0.1, 0.15) is 0 Å². The van der Waals surface area contributed by atoms with Crippen LogP contribution in [0, 0.1) is 20.2 Å². The van der Waals surface area contributed by atoms with Gasteiger partial charge in [0.15, 0.2) is 0 Å². The zero-order valence-electron chi connectivity index (χ0n) is 11.8. The largest absolute Gasteiger partial charge is 0.378 e. The van der Waals surface area contributed by atoms with Crippen molar-refractivity contribution in [2.75, 3.05) is 50.2 Å². The van der Waals surface area contributed by atoms with Crippen molar-refractivity contribution in [3.8, 4) is 0 Å². The molecule has 1 saturated heterocycles. The Bertz CT molecular complexity index is 569. The fourth-order valence-electron chi connectivity index (χ4n) is 2.26. The molecule has 1 aliphatic rings.